The van der Waals surface area contributed by atoms with Crippen molar-refractivity contribution in [2.75, 3.05) is 30.8 Å². The lowest BCUT2D eigenvalue weighted by atomic mass is 10.2. The molecule has 7 heteroatoms. The van der Waals surface area contributed by atoms with Crippen LogP contribution in [-0.2, 0) is 9.84 Å². The van der Waals surface area contributed by atoms with Crippen molar-refractivity contribution < 1.29 is 12.8 Å². The number of sulfone groups is 1. The van der Waals surface area contributed by atoms with E-state index in [0.29, 0.717) is 6.54 Å². The van der Waals surface area contributed by atoms with E-state index in [1.807, 2.05) is 0 Å². The molecule has 0 radical (unpaired) electrons. The summed E-state index contributed by atoms with van der Waals surface area (Å²) in [5.74, 6) is -0.422. The summed E-state index contributed by atoms with van der Waals surface area (Å²) in [6, 6.07) is 4.99. The summed E-state index contributed by atoms with van der Waals surface area (Å²) in [4.78, 5) is 2.07. The molecule has 4 nitrogen and oxygen atoms in total. The van der Waals surface area contributed by atoms with Crippen molar-refractivity contribution in [3.63, 3.8) is 0 Å². The van der Waals surface area contributed by atoms with Crippen LogP contribution in [0.2, 0.25) is 5.02 Å². The maximum absolute atomic E-state index is 13.5. The minimum Gasteiger partial charge on any atom is -0.370 e. The van der Waals surface area contributed by atoms with Gasteiger partial charge < -0.3 is 10.2 Å². The van der Waals surface area contributed by atoms with Gasteiger partial charge in [0.2, 0.25) is 0 Å². The molecule has 0 spiro atoms. The van der Waals surface area contributed by atoms with Crippen molar-refractivity contribution in [1.82, 2.24) is 5.32 Å². The molecule has 1 atom stereocenters. The third-order valence-corrected chi connectivity index (χ3v) is 6.74. The topological polar surface area (TPSA) is 49.4 Å². The monoisotopic (exact) mass is 348 g/mol. The fraction of sp³-hybridized carbons (Fsp3) is 0.600. The Kier molecular flexibility index (Phi) is 5.04. The zero-order valence-corrected chi connectivity index (χ0v) is 14.6. The molecule has 1 fully saturated rings. The molecule has 0 aromatic heterocycles. The standard InChI is InChI=1S/C15H22ClFN2O2S/c1-15(2,22(3,20)21)10-18-11-6-7-19(9-11)12-4-5-13(16)14(17)8-12/h4-5,8,11,18H,6-7,9-10H2,1-3H3/t11-/m1/s1. The number of nitrogens with one attached hydrogen (secondary N) is 1. The Morgan fingerprint density at radius 2 is 2.14 bits per heavy atom. The summed E-state index contributed by atoms with van der Waals surface area (Å²) in [5, 5.41) is 3.43. The van der Waals surface area contributed by atoms with E-state index in [9.17, 15) is 12.8 Å². The predicted octanol–water partition coefficient (Wildman–Crippen LogP) is 2.47. The third-order valence-electron chi connectivity index (χ3n) is 4.28. The molecule has 2 rings (SSSR count). The van der Waals surface area contributed by atoms with E-state index < -0.39 is 20.4 Å². The first-order valence-corrected chi connectivity index (χ1v) is 9.50. The van der Waals surface area contributed by atoms with Crippen molar-refractivity contribution in [3.8, 4) is 0 Å². The van der Waals surface area contributed by atoms with Gasteiger partial charge in [0.1, 0.15) is 5.82 Å². The lowest BCUT2D eigenvalue weighted by Gasteiger charge is -2.25. The van der Waals surface area contributed by atoms with Gasteiger partial charge in [-0.1, -0.05) is 11.6 Å². The molecule has 0 amide bonds. The third kappa shape index (κ3) is 3.91. The fourth-order valence-corrected chi connectivity index (χ4v) is 2.83. The minimum atomic E-state index is -3.11. The van der Waals surface area contributed by atoms with E-state index in [0.717, 1.165) is 25.2 Å². The van der Waals surface area contributed by atoms with Crippen molar-refractivity contribution >= 4 is 27.1 Å². The Hall–Kier alpha value is -0.850. The van der Waals surface area contributed by atoms with Gasteiger partial charge in [-0.05, 0) is 38.5 Å². The summed E-state index contributed by atoms with van der Waals surface area (Å²) in [6.45, 7) is 5.37. The van der Waals surface area contributed by atoms with Crippen LogP contribution in [0.25, 0.3) is 0 Å². The molecular weight excluding hydrogens is 327 g/mol. The van der Waals surface area contributed by atoms with Crippen LogP contribution in [0.1, 0.15) is 20.3 Å². The number of anilines is 1. The summed E-state index contributed by atoms with van der Waals surface area (Å²) in [5.41, 5.74) is 0.800. The maximum atomic E-state index is 13.5. The Labute approximate surface area is 136 Å². The Morgan fingerprint density at radius 1 is 1.45 bits per heavy atom. The fourth-order valence-electron chi connectivity index (χ4n) is 2.36. The number of halogens is 2. The highest BCUT2D eigenvalue weighted by Gasteiger charge is 2.32. The average Bonchev–Trinajstić information content (AvgIpc) is 2.87. The van der Waals surface area contributed by atoms with E-state index in [1.54, 1.807) is 26.0 Å². The number of hydrogen-bond acceptors (Lipinski definition) is 4. The molecule has 22 heavy (non-hydrogen) atoms. The van der Waals surface area contributed by atoms with Crippen molar-refractivity contribution in [3.05, 3.63) is 29.0 Å². The first-order valence-electron chi connectivity index (χ1n) is 7.23. The number of benzene rings is 1. The maximum Gasteiger partial charge on any atom is 0.153 e. The zero-order valence-electron chi connectivity index (χ0n) is 13.1. The molecule has 1 saturated heterocycles. The molecule has 1 aliphatic rings. The van der Waals surface area contributed by atoms with Crippen LogP contribution in [0.3, 0.4) is 0 Å². The molecule has 1 aromatic carbocycles. The lowest BCUT2D eigenvalue weighted by Crippen LogP contribution is -2.46. The van der Waals surface area contributed by atoms with E-state index in [1.165, 1.54) is 12.3 Å². The van der Waals surface area contributed by atoms with E-state index in [2.05, 4.69) is 10.2 Å². The normalized spacial score (nSPS) is 19.7. The van der Waals surface area contributed by atoms with Gasteiger partial charge in [-0.25, -0.2) is 12.8 Å². The first-order chi connectivity index (χ1) is 10.1. The molecule has 1 aliphatic heterocycles. The molecule has 0 aliphatic carbocycles. The van der Waals surface area contributed by atoms with Crippen molar-refractivity contribution in [1.29, 1.82) is 0 Å². The number of hydrogen-bond donors (Lipinski definition) is 1. The van der Waals surface area contributed by atoms with Gasteiger partial charge in [0.15, 0.2) is 9.84 Å². The predicted molar refractivity (Wildman–Crippen MR) is 89.0 cm³/mol. The highest BCUT2D eigenvalue weighted by Crippen LogP contribution is 2.25. The molecule has 0 unspecified atom stereocenters. The van der Waals surface area contributed by atoms with E-state index in [-0.39, 0.29) is 11.1 Å². The van der Waals surface area contributed by atoms with Gasteiger partial charge in [-0.3, -0.25) is 0 Å². The van der Waals surface area contributed by atoms with Gasteiger partial charge in [-0.2, -0.15) is 0 Å². The van der Waals surface area contributed by atoms with Crippen LogP contribution < -0.4 is 10.2 Å². The van der Waals surface area contributed by atoms with Crippen LogP contribution in [0.4, 0.5) is 10.1 Å². The SMILES string of the molecule is CC(C)(CN[C@@H]1CCN(c2ccc(Cl)c(F)c2)C1)S(C)(=O)=O. The average molecular weight is 349 g/mol. The Bertz CT molecular complexity index is 649. The first kappa shape index (κ1) is 17.5. The molecule has 124 valence electrons. The van der Waals surface area contributed by atoms with Gasteiger partial charge in [0.05, 0.1) is 9.77 Å². The van der Waals surface area contributed by atoms with Crippen LogP contribution >= 0.6 is 11.6 Å². The summed E-state index contributed by atoms with van der Waals surface area (Å²) in [7, 11) is -3.11. The molecule has 0 saturated carbocycles. The van der Waals surface area contributed by atoms with Gasteiger partial charge in [-0.15, -0.1) is 0 Å². The van der Waals surface area contributed by atoms with Crippen molar-refractivity contribution in [2.24, 2.45) is 0 Å². The van der Waals surface area contributed by atoms with Crippen LogP contribution in [0, 0.1) is 5.82 Å². The number of rotatable bonds is 5. The molecule has 1 aromatic rings. The smallest absolute Gasteiger partial charge is 0.153 e. The second kappa shape index (κ2) is 6.34. The van der Waals surface area contributed by atoms with E-state index in [4.69, 9.17) is 11.6 Å². The molecule has 0 bridgehead atoms. The lowest BCUT2D eigenvalue weighted by molar-refractivity contribution is 0.481. The largest absolute Gasteiger partial charge is 0.370 e. The van der Waals surface area contributed by atoms with Crippen molar-refractivity contribution in [2.45, 2.75) is 31.1 Å². The van der Waals surface area contributed by atoms with Gasteiger partial charge in [0.25, 0.3) is 0 Å². The van der Waals surface area contributed by atoms with E-state index >= 15 is 0 Å². The molecule has 1 heterocycles. The quantitative estimate of drug-likeness (QED) is 0.888. The summed E-state index contributed by atoms with van der Waals surface area (Å²) >= 11 is 5.70. The minimum absolute atomic E-state index is 0.118. The summed E-state index contributed by atoms with van der Waals surface area (Å²) < 4.78 is 36.1. The van der Waals surface area contributed by atoms with Crippen LogP contribution in [0.15, 0.2) is 18.2 Å². The summed E-state index contributed by atoms with van der Waals surface area (Å²) in [6.07, 6.45) is 2.15. The highest BCUT2D eigenvalue weighted by atomic mass is 35.5. The second-order valence-electron chi connectivity index (χ2n) is 6.44. The second-order valence-corrected chi connectivity index (χ2v) is 9.50. The molecule has 1 N–H and O–H groups in total. The Balaban J connectivity index is 1.94. The number of nitrogens with zero attached hydrogens (tertiary/aromatic N) is 1. The molecular formula is C15H22ClFN2O2S. The van der Waals surface area contributed by atoms with Gasteiger partial charge >= 0.3 is 0 Å². The zero-order chi connectivity index (χ0) is 16.5. The van der Waals surface area contributed by atoms with Crippen LogP contribution in [0.5, 0.6) is 0 Å². The van der Waals surface area contributed by atoms with Crippen LogP contribution in [-0.4, -0.2) is 45.1 Å². The van der Waals surface area contributed by atoms with Gasteiger partial charge in [0, 0.05) is 37.6 Å². The Morgan fingerprint density at radius 3 is 2.73 bits per heavy atom. The highest BCUT2D eigenvalue weighted by molar-refractivity contribution is 7.92.